The molecule has 1 rings (SSSR count). The topological polar surface area (TPSA) is 67.6 Å². The van der Waals surface area contributed by atoms with E-state index in [-0.39, 0.29) is 11.9 Å². The zero-order chi connectivity index (χ0) is 11.3. The molecule has 1 heterocycles. The Labute approximate surface area is 90.9 Å². The van der Waals surface area contributed by atoms with Crippen molar-refractivity contribution in [3.63, 3.8) is 0 Å². The number of rotatable bonds is 5. The number of nitrogens with zero attached hydrogens (tertiary/aromatic N) is 1. The fraction of sp³-hybridized carbons (Fsp3) is 0.900. The predicted molar refractivity (Wildman–Crippen MR) is 58.5 cm³/mol. The summed E-state index contributed by atoms with van der Waals surface area (Å²) >= 11 is 0. The number of hydrogen-bond acceptors (Lipinski definition) is 4. The van der Waals surface area contributed by atoms with E-state index in [1.165, 1.54) is 0 Å². The van der Waals surface area contributed by atoms with Crippen molar-refractivity contribution in [1.29, 1.82) is 0 Å². The first-order chi connectivity index (χ1) is 7.16. The Morgan fingerprint density at radius 1 is 1.73 bits per heavy atom. The van der Waals surface area contributed by atoms with Crippen LogP contribution in [0.5, 0.6) is 0 Å². The Morgan fingerprint density at radius 2 is 2.47 bits per heavy atom. The van der Waals surface area contributed by atoms with Crippen LogP contribution in [0.1, 0.15) is 13.3 Å². The van der Waals surface area contributed by atoms with E-state index in [1.54, 1.807) is 7.11 Å². The van der Waals surface area contributed by atoms with Crippen molar-refractivity contribution in [2.75, 3.05) is 33.4 Å². The molecule has 0 aromatic carbocycles. The van der Waals surface area contributed by atoms with Crippen LogP contribution in [0, 0.1) is 0 Å². The van der Waals surface area contributed by atoms with E-state index in [0.29, 0.717) is 12.6 Å². The quantitative estimate of drug-likeness (QED) is 0.628. The first-order valence-electron chi connectivity index (χ1n) is 5.41. The van der Waals surface area contributed by atoms with Gasteiger partial charge in [0, 0.05) is 39.4 Å². The number of primary amides is 1. The fourth-order valence-corrected chi connectivity index (χ4v) is 1.97. The largest absolute Gasteiger partial charge is 0.385 e. The summed E-state index contributed by atoms with van der Waals surface area (Å²) < 4.78 is 5.04. The van der Waals surface area contributed by atoms with E-state index in [4.69, 9.17) is 10.5 Å². The average molecular weight is 215 g/mol. The molecule has 1 aliphatic rings. The predicted octanol–water partition coefficient (Wildman–Crippen LogP) is -0.829. The molecule has 1 saturated heterocycles. The Hall–Kier alpha value is -0.650. The number of amides is 1. The lowest BCUT2D eigenvalue weighted by Crippen LogP contribution is -2.59. The molecule has 0 bridgehead atoms. The van der Waals surface area contributed by atoms with Gasteiger partial charge in [0.15, 0.2) is 0 Å². The van der Waals surface area contributed by atoms with Crippen LogP contribution in [0.3, 0.4) is 0 Å². The monoisotopic (exact) mass is 215 g/mol. The second kappa shape index (κ2) is 6.05. The van der Waals surface area contributed by atoms with E-state index in [1.807, 2.05) is 0 Å². The van der Waals surface area contributed by atoms with E-state index in [2.05, 4.69) is 17.1 Å². The van der Waals surface area contributed by atoms with Crippen molar-refractivity contribution in [2.45, 2.75) is 25.4 Å². The zero-order valence-electron chi connectivity index (χ0n) is 9.53. The van der Waals surface area contributed by atoms with Crippen molar-refractivity contribution in [3.05, 3.63) is 0 Å². The molecule has 0 radical (unpaired) electrons. The van der Waals surface area contributed by atoms with Gasteiger partial charge in [0.2, 0.25) is 5.91 Å². The Balaban J connectivity index is 2.51. The smallest absolute Gasteiger partial charge is 0.236 e. The number of piperazine rings is 1. The lowest BCUT2D eigenvalue weighted by Gasteiger charge is -2.38. The lowest BCUT2D eigenvalue weighted by molar-refractivity contribution is -0.124. The van der Waals surface area contributed by atoms with E-state index in [0.717, 1.165) is 26.1 Å². The van der Waals surface area contributed by atoms with E-state index in [9.17, 15) is 4.79 Å². The van der Waals surface area contributed by atoms with Crippen LogP contribution in [0.2, 0.25) is 0 Å². The van der Waals surface area contributed by atoms with Gasteiger partial charge < -0.3 is 15.8 Å². The van der Waals surface area contributed by atoms with Gasteiger partial charge in [-0.3, -0.25) is 9.69 Å². The molecule has 0 aromatic heterocycles. The van der Waals surface area contributed by atoms with Gasteiger partial charge in [0.05, 0.1) is 0 Å². The van der Waals surface area contributed by atoms with E-state index < -0.39 is 0 Å². The minimum absolute atomic E-state index is 0.175. The minimum atomic E-state index is -0.244. The molecular weight excluding hydrogens is 194 g/mol. The normalized spacial score (nSPS) is 25.1. The third-order valence-electron chi connectivity index (χ3n) is 2.92. The van der Waals surface area contributed by atoms with Crippen molar-refractivity contribution in [3.8, 4) is 0 Å². The van der Waals surface area contributed by atoms with Gasteiger partial charge in [-0.1, -0.05) is 0 Å². The van der Waals surface area contributed by atoms with Crippen molar-refractivity contribution in [2.24, 2.45) is 5.73 Å². The van der Waals surface area contributed by atoms with Crippen molar-refractivity contribution >= 4 is 5.91 Å². The van der Waals surface area contributed by atoms with Gasteiger partial charge in [0.1, 0.15) is 6.04 Å². The molecule has 3 N–H and O–H groups in total. The van der Waals surface area contributed by atoms with Crippen LogP contribution in [0.4, 0.5) is 0 Å². The molecule has 0 aliphatic carbocycles. The number of carbonyl (C=O) groups is 1. The van der Waals surface area contributed by atoms with Crippen LogP contribution in [0.15, 0.2) is 0 Å². The molecule has 1 aliphatic heterocycles. The highest BCUT2D eigenvalue weighted by Crippen LogP contribution is 2.11. The molecule has 0 spiro atoms. The molecule has 2 unspecified atom stereocenters. The molecule has 1 fully saturated rings. The summed E-state index contributed by atoms with van der Waals surface area (Å²) in [6.45, 7) is 5.28. The average Bonchev–Trinajstić information content (AvgIpc) is 2.25. The Kier molecular flexibility index (Phi) is 5.01. The first-order valence-corrected chi connectivity index (χ1v) is 5.41. The Bertz CT molecular complexity index is 211. The molecular formula is C10H21N3O2. The first kappa shape index (κ1) is 12.4. The second-order valence-corrected chi connectivity index (χ2v) is 3.99. The molecule has 0 aromatic rings. The number of hydrogen-bond donors (Lipinski definition) is 2. The second-order valence-electron chi connectivity index (χ2n) is 3.99. The molecule has 5 nitrogen and oxygen atoms in total. The highest BCUT2D eigenvalue weighted by molar-refractivity contribution is 5.80. The zero-order valence-corrected chi connectivity index (χ0v) is 9.53. The molecule has 88 valence electrons. The number of ether oxygens (including phenoxy) is 1. The fourth-order valence-electron chi connectivity index (χ4n) is 1.97. The minimum Gasteiger partial charge on any atom is -0.385 e. The van der Waals surface area contributed by atoms with E-state index >= 15 is 0 Å². The van der Waals surface area contributed by atoms with Gasteiger partial charge in [-0.15, -0.1) is 0 Å². The summed E-state index contributed by atoms with van der Waals surface area (Å²) in [6.07, 6.45) is 0.931. The van der Waals surface area contributed by atoms with Gasteiger partial charge >= 0.3 is 0 Å². The maximum atomic E-state index is 11.3. The maximum absolute atomic E-state index is 11.3. The molecule has 0 saturated carbocycles. The third-order valence-corrected chi connectivity index (χ3v) is 2.92. The summed E-state index contributed by atoms with van der Waals surface area (Å²) in [7, 11) is 1.69. The molecule has 2 atom stereocenters. The maximum Gasteiger partial charge on any atom is 0.236 e. The highest BCUT2D eigenvalue weighted by atomic mass is 16.5. The van der Waals surface area contributed by atoms with Crippen LogP contribution in [-0.2, 0) is 9.53 Å². The standard InChI is InChI=1S/C10H21N3O2/c1-8(3-6-15-2)13-5-4-12-7-9(13)10(11)14/h8-9,12H,3-7H2,1-2H3,(H2,11,14). The van der Waals surface area contributed by atoms with Crippen LogP contribution >= 0.6 is 0 Å². The number of nitrogens with two attached hydrogens (primary N) is 1. The van der Waals surface area contributed by atoms with Crippen molar-refractivity contribution in [1.82, 2.24) is 10.2 Å². The summed E-state index contributed by atoms with van der Waals surface area (Å²) in [4.78, 5) is 13.4. The van der Waals surface area contributed by atoms with Crippen LogP contribution in [0.25, 0.3) is 0 Å². The molecule has 5 heteroatoms. The summed E-state index contributed by atoms with van der Waals surface area (Å²) in [6, 6.07) is 0.162. The molecule has 15 heavy (non-hydrogen) atoms. The summed E-state index contributed by atoms with van der Waals surface area (Å²) in [5, 5.41) is 3.18. The summed E-state index contributed by atoms with van der Waals surface area (Å²) in [5.74, 6) is -0.244. The molecule has 1 amide bonds. The summed E-state index contributed by atoms with van der Waals surface area (Å²) in [5.41, 5.74) is 5.37. The van der Waals surface area contributed by atoms with Gasteiger partial charge in [-0.25, -0.2) is 0 Å². The van der Waals surface area contributed by atoms with Crippen LogP contribution in [-0.4, -0.2) is 56.2 Å². The van der Waals surface area contributed by atoms with Gasteiger partial charge in [-0.2, -0.15) is 0 Å². The van der Waals surface area contributed by atoms with Crippen molar-refractivity contribution < 1.29 is 9.53 Å². The third kappa shape index (κ3) is 3.44. The number of nitrogens with one attached hydrogen (secondary N) is 1. The Morgan fingerprint density at radius 3 is 3.07 bits per heavy atom. The van der Waals surface area contributed by atoms with Crippen LogP contribution < -0.4 is 11.1 Å². The van der Waals surface area contributed by atoms with Gasteiger partial charge in [0.25, 0.3) is 0 Å². The number of carbonyl (C=O) groups excluding carboxylic acids is 1. The highest BCUT2D eigenvalue weighted by Gasteiger charge is 2.29. The lowest BCUT2D eigenvalue weighted by atomic mass is 10.1. The SMILES string of the molecule is COCCC(C)N1CCNCC1C(N)=O. The van der Waals surface area contributed by atoms with Gasteiger partial charge in [-0.05, 0) is 13.3 Å². The number of methoxy groups -OCH3 is 1.